The molecule has 0 bridgehead atoms. The van der Waals surface area contributed by atoms with Gasteiger partial charge in [0, 0.05) is 19.7 Å². The van der Waals surface area contributed by atoms with E-state index >= 15 is 0 Å². The smallest absolute Gasteiger partial charge is 0.0714 e. The van der Waals surface area contributed by atoms with Crippen LogP contribution in [0.1, 0.15) is 27.2 Å². The van der Waals surface area contributed by atoms with Crippen molar-refractivity contribution in [1.29, 1.82) is 0 Å². The highest BCUT2D eigenvalue weighted by molar-refractivity contribution is 4.84. The van der Waals surface area contributed by atoms with E-state index in [1.54, 1.807) is 7.11 Å². The monoisotopic (exact) mass is 201 g/mol. The summed E-state index contributed by atoms with van der Waals surface area (Å²) in [7, 11) is 3.92. The van der Waals surface area contributed by atoms with Gasteiger partial charge in [0.2, 0.25) is 0 Å². The third kappa shape index (κ3) is 3.56. The van der Waals surface area contributed by atoms with Gasteiger partial charge in [0.15, 0.2) is 0 Å². The van der Waals surface area contributed by atoms with Crippen molar-refractivity contribution in [2.45, 2.75) is 44.9 Å². The van der Waals surface area contributed by atoms with Gasteiger partial charge in [-0.1, -0.05) is 0 Å². The summed E-state index contributed by atoms with van der Waals surface area (Å²) in [5.41, 5.74) is -0.0357. The molecule has 0 aromatic heterocycles. The maximum atomic E-state index is 5.78. The van der Waals surface area contributed by atoms with Crippen LogP contribution in [0.3, 0.4) is 0 Å². The van der Waals surface area contributed by atoms with Crippen LogP contribution in [0.5, 0.6) is 0 Å². The number of likely N-dealkylation sites (N-methyl/N-ethyl adjacent to an activating group) is 1. The van der Waals surface area contributed by atoms with Crippen LogP contribution in [0.25, 0.3) is 0 Å². The van der Waals surface area contributed by atoms with E-state index in [9.17, 15) is 0 Å². The van der Waals surface area contributed by atoms with E-state index in [0.29, 0.717) is 12.1 Å². The predicted molar refractivity (Wildman–Crippen MR) is 57.5 cm³/mol. The van der Waals surface area contributed by atoms with Crippen LogP contribution < -0.4 is 0 Å². The van der Waals surface area contributed by atoms with Crippen LogP contribution in [0.2, 0.25) is 0 Å². The van der Waals surface area contributed by atoms with Crippen molar-refractivity contribution in [3.8, 4) is 0 Å². The molecule has 3 nitrogen and oxygen atoms in total. The van der Waals surface area contributed by atoms with Crippen molar-refractivity contribution >= 4 is 0 Å². The van der Waals surface area contributed by atoms with Gasteiger partial charge < -0.3 is 9.47 Å². The molecule has 1 aliphatic rings. The van der Waals surface area contributed by atoms with Gasteiger partial charge >= 0.3 is 0 Å². The minimum absolute atomic E-state index is 0.0357. The molecule has 1 aliphatic heterocycles. The molecule has 0 amide bonds. The number of nitrogens with zero attached hydrogens (tertiary/aromatic N) is 1. The van der Waals surface area contributed by atoms with Crippen molar-refractivity contribution in [2.75, 3.05) is 27.3 Å². The van der Waals surface area contributed by atoms with Crippen LogP contribution >= 0.6 is 0 Å². The summed E-state index contributed by atoms with van der Waals surface area (Å²) < 4.78 is 11.1. The van der Waals surface area contributed by atoms with Gasteiger partial charge in [-0.2, -0.15) is 0 Å². The van der Waals surface area contributed by atoms with Crippen molar-refractivity contribution < 1.29 is 9.47 Å². The van der Waals surface area contributed by atoms with Crippen molar-refractivity contribution in [3.63, 3.8) is 0 Å². The van der Waals surface area contributed by atoms with Gasteiger partial charge in [0.1, 0.15) is 0 Å². The predicted octanol–water partition coefficient (Wildman–Crippen LogP) is 1.52. The first-order chi connectivity index (χ1) is 6.42. The van der Waals surface area contributed by atoms with Gasteiger partial charge in [-0.25, -0.2) is 0 Å². The lowest BCUT2D eigenvalue weighted by molar-refractivity contribution is -0.0255. The van der Waals surface area contributed by atoms with Crippen molar-refractivity contribution in [2.24, 2.45) is 0 Å². The fourth-order valence-electron chi connectivity index (χ4n) is 1.74. The largest absolute Gasteiger partial charge is 0.380 e. The Labute approximate surface area is 87.4 Å². The summed E-state index contributed by atoms with van der Waals surface area (Å²) >= 11 is 0. The summed E-state index contributed by atoms with van der Waals surface area (Å²) in [5, 5.41) is 0. The van der Waals surface area contributed by atoms with Crippen LogP contribution in [-0.2, 0) is 9.47 Å². The Morgan fingerprint density at radius 3 is 2.43 bits per heavy atom. The molecule has 2 atom stereocenters. The lowest BCUT2D eigenvalue weighted by Crippen LogP contribution is -2.33. The maximum absolute atomic E-state index is 5.78. The van der Waals surface area contributed by atoms with Gasteiger partial charge in [0.05, 0.1) is 18.3 Å². The molecule has 0 saturated carbocycles. The van der Waals surface area contributed by atoms with E-state index in [1.165, 1.54) is 0 Å². The van der Waals surface area contributed by atoms with Gasteiger partial charge in [-0.3, -0.25) is 4.90 Å². The molecule has 1 heterocycles. The molecule has 0 unspecified atom stereocenters. The molecule has 14 heavy (non-hydrogen) atoms. The second kappa shape index (κ2) is 4.60. The lowest BCUT2D eigenvalue weighted by Gasteiger charge is -2.25. The number of likely N-dealkylation sites (tertiary alicyclic amines) is 1. The number of ether oxygens (including phenoxy) is 2. The fourth-order valence-corrected chi connectivity index (χ4v) is 1.74. The quantitative estimate of drug-likeness (QED) is 0.691. The zero-order valence-electron chi connectivity index (χ0n) is 10.0. The topological polar surface area (TPSA) is 21.7 Å². The molecule has 0 aromatic carbocycles. The molecule has 1 fully saturated rings. The van der Waals surface area contributed by atoms with E-state index in [2.05, 4.69) is 32.7 Å². The summed E-state index contributed by atoms with van der Waals surface area (Å²) in [5.74, 6) is 0. The molecule has 1 saturated heterocycles. The minimum atomic E-state index is -0.0357. The normalized spacial score (nSPS) is 29.8. The minimum Gasteiger partial charge on any atom is -0.380 e. The summed E-state index contributed by atoms with van der Waals surface area (Å²) in [6.45, 7) is 8.11. The summed E-state index contributed by atoms with van der Waals surface area (Å²) in [6, 6.07) is 0.513. The first-order valence-electron chi connectivity index (χ1n) is 5.29. The maximum Gasteiger partial charge on any atom is 0.0714 e. The molecule has 0 spiro atoms. The molecule has 0 radical (unpaired) electrons. The SMILES string of the molecule is CO[C@@H]1C[C@H](COC(C)(C)C)N(C)C1. The molecule has 84 valence electrons. The highest BCUT2D eigenvalue weighted by atomic mass is 16.5. The van der Waals surface area contributed by atoms with Crippen LogP contribution in [0.4, 0.5) is 0 Å². The average Bonchev–Trinajstić information content (AvgIpc) is 2.42. The third-order valence-corrected chi connectivity index (χ3v) is 2.69. The Hall–Kier alpha value is -0.120. The fraction of sp³-hybridized carbons (Fsp3) is 1.00. The Morgan fingerprint density at radius 2 is 2.00 bits per heavy atom. The van der Waals surface area contributed by atoms with E-state index in [1.807, 2.05) is 0 Å². The average molecular weight is 201 g/mol. The second-order valence-corrected chi connectivity index (χ2v) is 5.11. The molecular formula is C11H23NO2. The second-order valence-electron chi connectivity index (χ2n) is 5.11. The number of hydrogen-bond acceptors (Lipinski definition) is 3. The molecule has 1 rings (SSSR count). The first kappa shape index (κ1) is 12.0. The number of methoxy groups -OCH3 is 1. The number of rotatable bonds is 3. The van der Waals surface area contributed by atoms with Crippen molar-refractivity contribution in [3.05, 3.63) is 0 Å². The molecule has 0 aromatic rings. The van der Waals surface area contributed by atoms with Crippen LogP contribution in [-0.4, -0.2) is 50.0 Å². The van der Waals surface area contributed by atoms with Gasteiger partial charge in [-0.05, 0) is 34.2 Å². The first-order valence-corrected chi connectivity index (χ1v) is 5.29. The van der Waals surface area contributed by atoms with Gasteiger partial charge in [-0.15, -0.1) is 0 Å². The zero-order chi connectivity index (χ0) is 10.8. The summed E-state index contributed by atoms with van der Waals surface area (Å²) in [4.78, 5) is 2.32. The Kier molecular flexibility index (Phi) is 3.93. The highest BCUT2D eigenvalue weighted by Crippen LogP contribution is 2.20. The molecule has 0 aliphatic carbocycles. The van der Waals surface area contributed by atoms with Crippen LogP contribution in [0.15, 0.2) is 0 Å². The zero-order valence-corrected chi connectivity index (χ0v) is 10.0. The Balaban J connectivity index is 2.32. The van der Waals surface area contributed by atoms with Crippen LogP contribution in [0, 0.1) is 0 Å². The molecule has 0 N–H and O–H groups in total. The van der Waals surface area contributed by atoms with E-state index in [-0.39, 0.29) is 5.60 Å². The highest BCUT2D eigenvalue weighted by Gasteiger charge is 2.30. The van der Waals surface area contributed by atoms with Gasteiger partial charge in [0.25, 0.3) is 0 Å². The standard InChI is InChI=1S/C11H23NO2/c1-11(2,3)14-8-9-6-10(13-5)7-12(9)4/h9-10H,6-8H2,1-5H3/t9-,10-/m1/s1. The molecule has 3 heteroatoms. The molecular weight excluding hydrogens is 178 g/mol. The third-order valence-electron chi connectivity index (χ3n) is 2.69. The van der Waals surface area contributed by atoms with E-state index in [4.69, 9.17) is 9.47 Å². The number of hydrogen-bond donors (Lipinski definition) is 0. The Morgan fingerprint density at radius 1 is 1.36 bits per heavy atom. The Bertz CT molecular complexity index is 177. The lowest BCUT2D eigenvalue weighted by atomic mass is 10.1. The van der Waals surface area contributed by atoms with E-state index < -0.39 is 0 Å². The van der Waals surface area contributed by atoms with Crippen molar-refractivity contribution in [1.82, 2.24) is 4.90 Å². The van der Waals surface area contributed by atoms with E-state index in [0.717, 1.165) is 19.6 Å². The summed E-state index contributed by atoms with van der Waals surface area (Å²) in [6.07, 6.45) is 1.47.